The van der Waals surface area contributed by atoms with Crippen molar-refractivity contribution in [2.45, 2.75) is 76.0 Å². The molecular formula is C32H34O4. The van der Waals surface area contributed by atoms with Crippen molar-refractivity contribution >= 4 is 11.9 Å². The highest BCUT2D eigenvalue weighted by Gasteiger charge is 2.23. The maximum Gasteiger partial charge on any atom is 0.343 e. The van der Waals surface area contributed by atoms with Crippen LogP contribution in [0.1, 0.15) is 108 Å². The summed E-state index contributed by atoms with van der Waals surface area (Å²) in [5.41, 5.74) is 2.87. The summed E-state index contributed by atoms with van der Waals surface area (Å²) >= 11 is 0. The van der Waals surface area contributed by atoms with Gasteiger partial charge in [-0.15, -0.1) is 0 Å². The van der Waals surface area contributed by atoms with Gasteiger partial charge in [0.1, 0.15) is 11.5 Å². The molecule has 4 nitrogen and oxygen atoms in total. The van der Waals surface area contributed by atoms with Crippen LogP contribution in [0.4, 0.5) is 0 Å². The maximum absolute atomic E-state index is 13.1. The van der Waals surface area contributed by atoms with Gasteiger partial charge in [-0.1, -0.05) is 81.0 Å². The number of hydrogen-bond donors (Lipinski definition) is 0. The summed E-state index contributed by atoms with van der Waals surface area (Å²) in [4.78, 5) is 26.1. The van der Waals surface area contributed by atoms with Crippen molar-refractivity contribution < 1.29 is 19.1 Å². The molecule has 0 saturated heterocycles. The van der Waals surface area contributed by atoms with Crippen molar-refractivity contribution in [2.75, 3.05) is 0 Å². The lowest BCUT2D eigenvalue weighted by atomic mass is 9.84. The number of esters is 2. The van der Waals surface area contributed by atoms with Gasteiger partial charge in [-0.25, -0.2) is 9.59 Å². The number of para-hydroxylation sites is 2. The Morgan fingerprint density at radius 2 is 0.944 bits per heavy atom. The van der Waals surface area contributed by atoms with Gasteiger partial charge in [0.25, 0.3) is 0 Å². The first kappa shape index (κ1) is 24.3. The van der Waals surface area contributed by atoms with Crippen LogP contribution in [0.15, 0.2) is 72.8 Å². The highest BCUT2D eigenvalue weighted by Crippen LogP contribution is 2.38. The predicted octanol–water partition coefficient (Wildman–Crippen LogP) is 8.22. The molecule has 0 bridgehead atoms. The number of carbonyl (C=O) groups excluding carboxylic acids is 2. The first-order valence-corrected chi connectivity index (χ1v) is 13.4. The zero-order chi connectivity index (χ0) is 24.7. The van der Waals surface area contributed by atoms with Crippen LogP contribution in [-0.4, -0.2) is 11.9 Å². The van der Waals surface area contributed by atoms with Crippen LogP contribution < -0.4 is 9.47 Å². The normalized spacial score (nSPS) is 16.9. The van der Waals surface area contributed by atoms with Gasteiger partial charge >= 0.3 is 11.9 Å². The molecule has 0 aliphatic heterocycles. The molecule has 0 radical (unpaired) electrons. The van der Waals surface area contributed by atoms with Crippen LogP contribution in [0.25, 0.3) is 0 Å². The van der Waals surface area contributed by atoms with E-state index >= 15 is 0 Å². The van der Waals surface area contributed by atoms with Crippen molar-refractivity contribution in [1.82, 2.24) is 0 Å². The van der Waals surface area contributed by atoms with E-state index in [9.17, 15) is 9.59 Å². The van der Waals surface area contributed by atoms with Gasteiger partial charge < -0.3 is 9.47 Å². The number of hydrogen-bond acceptors (Lipinski definition) is 4. The van der Waals surface area contributed by atoms with Crippen molar-refractivity contribution in [1.29, 1.82) is 0 Å². The van der Waals surface area contributed by atoms with Crippen LogP contribution in [0.2, 0.25) is 0 Å². The third-order valence-electron chi connectivity index (χ3n) is 7.67. The predicted molar refractivity (Wildman–Crippen MR) is 141 cm³/mol. The lowest BCUT2D eigenvalue weighted by molar-refractivity contribution is 0.0732. The van der Waals surface area contributed by atoms with Crippen molar-refractivity contribution in [2.24, 2.45) is 0 Å². The van der Waals surface area contributed by atoms with Crippen LogP contribution >= 0.6 is 0 Å². The molecule has 0 spiro atoms. The molecule has 0 aromatic heterocycles. The van der Waals surface area contributed by atoms with Gasteiger partial charge in [0.05, 0.1) is 11.1 Å². The highest BCUT2D eigenvalue weighted by molar-refractivity contribution is 5.97. The summed E-state index contributed by atoms with van der Waals surface area (Å²) in [6.07, 6.45) is 11.9. The average molecular weight is 483 g/mol. The number of ether oxygens (including phenoxy) is 2. The summed E-state index contributed by atoms with van der Waals surface area (Å²) in [5, 5.41) is 0. The zero-order valence-corrected chi connectivity index (χ0v) is 20.8. The minimum Gasteiger partial charge on any atom is -0.423 e. The van der Waals surface area contributed by atoms with Gasteiger partial charge in [0.15, 0.2) is 0 Å². The molecule has 186 valence electrons. The molecule has 2 saturated carbocycles. The first-order valence-electron chi connectivity index (χ1n) is 13.4. The molecule has 2 aliphatic rings. The SMILES string of the molecule is O=C(Oc1ccccc1C1CCCCC1)c1cccc(C(=O)Oc2ccccc2C2CCCCC2)c1. The molecule has 0 amide bonds. The second kappa shape index (κ2) is 11.6. The second-order valence-corrected chi connectivity index (χ2v) is 10.1. The van der Waals surface area contributed by atoms with E-state index in [0.717, 1.165) is 36.8 Å². The fourth-order valence-corrected chi connectivity index (χ4v) is 5.74. The quantitative estimate of drug-likeness (QED) is 0.262. The zero-order valence-electron chi connectivity index (χ0n) is 20.8. The summed E-state index contributed by atoms with van der Waals surface area (Å²) in [6, 6.07) is 22.3. The van der Waals surface area contributed by atoms with E-state index in [0.29, 0.717) is 34.5 Å². The Balaban J connectivity index is 1.30. The van der Waals surface area contributed by atoms with E-state index in [1.165, 1.54) is 38.5 Å². The van der Waals surface area contributed by atoms with Gasteiger partial charge in [-0.2, -0.15) is 0 Å². The number of rotatable bonds is 6. The lowest BCUT2D eigenvalue weighted by Gasteiger charge is -2.24. The molecule has 0 N–H and O–H groups in total. The third-order valence-corrected chi connectivity index (χ3v) is 7.67. The summed E-state index contributed by atoms with van der Waals surface area (Å²) < 4.78 is 11.7. The van der Waals surface area contributed by atoms with Crippen LogP contribution in [-0.2, 0) is 0 Å². The topological polar surface area (TPSA) is 52.6 Å². The first-order chi connectivity index (χ1) is 17.7. The third kappa shape index (κ3) is 5.70. The Morgan fingerprint density at radius 3 is 1.39 bits per heavy atom. The monoisotopic (exact) mass is 482 g/mol. The van der Waals surface area contributed by atoms with Crippen molar-refractivity contribution in [3.8, 4) is 11.5 Å². The van der Waals surface area contributed by atoms with Gasteiger partial charge in [0, 0.05) is 0 Å². The Kier molecular flexibility index (Phi) is 7.80. The largest absolute Gasteiger partial charge is 0.423 e. The van der Waals surface area contributed by atoms with E-state index in [1.54, 1.807) is 24.3 Å². The van der Waals surface area contributed by atoms with Crippen molar-refractivity contribution in [3.05, 3.63) is 95.1 Å². The van der Waals surface area contributed by atoms with E-state index < -0.39 is 11.9 Å². The standard InChI is InChI=1S/C32H34O4/c33-31(35-29-20-9-7-18-27(29)23-12-3-1-4-13-23)25-16-11-17-26(22-25)32(34)36-30-21-10-8-19-28(30)24-14-5-2-6-15-24/h7-11,16-24H,1-6,12-15H2. The number of carbonyl (C=O) groups is 2. The molecule has 2 fully saturated rings. The van der Waals surface area contributed by atoms with Crippen LogP contribution in [0, 0.1) is 0 Å². The molecule has 0 atom stereocenters. The van der Waals surface area contributed by atoms with Crippen molar-refractivity contribution in [3.63, 3.8) is 0 Å². The molecule has 3 aromatic rings. The second-order valence-electron chi connectivity index (χ2n) is 10.1. The molecule has 36 heavy (non-hydrogen) atoms. The van der Waals surface area contributed by atoms with E-state index in [-0.39, 0.29) is 0 Å². The molecule has 3 aromatic carbocycles. The molecule has 2 aliphatic carbocycles. The van der Waals surface area contributed by atoms with E-state index in [2.05, 4.69) is 12.1 Å². The maximum atomic E-state index is 13.1. The Morgan fingerprint density at radius 1 is 0.528 bits per heavy atom. The molecule has 4 heteroatoms. The highest BCUT2D eigenvalue weighted by atomic mass is 16.5. The van der Waals surface area contributed by atoms with E-state index in [1.807, 2.05) is 36.4 Å². The minimum atomic E-state index is -0.462. The van der Waals surface area contributed by atoms with Crippen LogP contribution in [0.3, 0.4) is 0 Å². The fourth-order valence-electron chi connectivity index (χ4n) is 5.74. The minimum absolute atomic E-state index is 0.337. The van der Waals surface area contributed by atoms with Gasteiger partial charge in [-0.3, -0.25) is 0 Å². The molecule has 0 unspecified atom stereocenters. The Bertz CT molecular complexity index is 1110. The summed E-state index contributed by atoms with van der Waals surface area (Å²) in [7, 11) is 0. The van der Waals surface area contributed by atoms with E-state index in [4.69, 9.17) is 9.47 Å². The lowest BCUT2D eigenvalue weighted by Crippen LogP contribution is -2.15. The Labute approximate surface area is 213 Å². The smallest absolute Gasteiger partial charge is 0.343 e. The van der Waals surface area contributed by atoms with Gasteiger partial charge in [-0.05, 0) is 79.0 Å². The summed E-state index contributed by atoms with van der Waals surface area (Å²) in [5.74, 6) is 1.15. The van der Waals surface area contributed by atoms with Gasteiger partial charge in [0.2, 0.25) is 0 Å². The average Bonchev–Trinajstić information content (AvgIpc) is 2.94. The molecular weight excluding hydrogens is 448 g/mol. The Hall–Kier alpha value is -3.40. The van der Waals surface area contributed by atoms with Crippen LogP contribution in [0.5, 0.6) is 11.5 Å². The molecule has 5 rings (SSSR count). The molecule has 0 heterocycles. The summed E-state index contributed by atoms with van der Waals surface area (Å²) in [6.45, 7) is 0. The fraction of sp³-hybridized carbons (Fsp3) is 0.375. The number of benzene rings is 3.